The van der Waals surface area contributed by atoms with Crippen LogP contribution in [0.3, 0.4) is 0 Å². The van der Waals surface area contributed by atoms with Gasteiger partial charge in [0.15, 0.2) is 0 Å². The zero-order valence-electron chi connectivity index (χ0n) is 16.2. The van der Waals surface area contributed by atoms with Crippen LogP contribution in [0.5, 0.6) is 5.75 Å². The minimum atomic E-state index is -3.74. The molecular formula is C21H26N2O4S. The van der Waals surface area contributed by atoms with Crippen LogP contribution in [0.15, 0.2) is 47.4 Å². The van der Waals surface area contributed by atoms with Crippen molar-refractivity contribution in [3.8, 4) is 5.75 Å². The van der Waals surface area contributed by atoms with Gasteiger partial charge in [-0.1, -0.05) is 25.5 Å². The first-order valence-electron chi connectivity index (χ1n) is 9.53. The van der Waals surface area contributed by atoms with Crippen LogP contribution in [0.1, 0.15) is 48.5 Å². The molecule has 1 amide bonds. The Balaban J connectivity index is 1.77. The highest BCUT2D eigenvalue weighted by Crippen LogP contribution is 2.28. The van der Waals surface area contributed by atoms with Crippen LogP contribution in [0.25, 0.3) is 0 Å². The quantitative estimate of drug-likeness (QED) is 0.669. The largest absolute Gasteiger partial charge is 0.495 e. The molecule has 3 rings (SSSR count). The summed E-state index contributed by atoms with van der Waals surface area (Å²) >= 11 is 0. The van der Waals surface area contributed by atoms with E-state index >= 15 is 0 Å². The number of carbonyl (C=O) groups is 1. The molecule has 1 fully saturated rings. The Morgan fingerprint density at radius 3 is 2.46 bits per heavy atom. The Kier molecular flexibility index (Phi) is 6.36. The van der Waals surface area contributed by atoms with Crippen molar-refractivity contribution < 1.29 is 17.9 Å². The number of hydrogen-bond acceptors (Lipinski definition) is 4. The Hall–Kier alpha value is -2.38. The zero-order valence-corrected chi connectivity index (χ0v) is 17.0. The van der Waals surface area contributed by atoms with Crippen molar-refractivity contribution in [1.29, 1.82) is 0 Å². The van der Waals surface area contributed by atoms with Crippen LogP contribution in [-0.4, -0.2) is 27.5 Å². The smallest absolute Gasteiger partial charge is 0.255 e. The Morgan fingerprint density at radius 2 is 1.86 bits per heavy atom. The van der Waals surface area contributed by atoms with E-state index in [1.165, 1.54) is 24.8 Å². The topological polar surface area (TPSA) is 84.5 Å². The van der Waals surface area contributed by atoms with Gasteiger partial charge in [-0.05, 0) is 61.6 Å². The monoisotopic (exact) mass is 402 g/mol. The van der Waals surface area contributed by atoms with E-state index < -0.39 is 10.0 Å². The average Bonchev–Trinajstić information content (AvgIpc) is 3.50. The molecule has 0 unspecified atom stereocenters. The van der Waals surface area contributed by atoms with Gasteiger partial charge in [0, 0.05) is 17.3 Å². The van der Waals surface area contributed by atoms with Gasteiger partial charge < -0.3 is 10.1 Å². The van der Waals surface area contributed by atoms with Gasteiger partial charge in [-0.25, -0.2) is 13.1 Å². The average molecular weight is 403 g/mol. The van der Waals surface area contributed by atoms with E-state index in [4.69, 9.17) is 4.74 Å². The molecule has 7 heteroatoms. The van der Waals surface area contributed by atoms with Gasteiger partial charge in [-0.15, -0.1) is 0 Å². The first-order valence-corrected chi connectivity index (χ1v) is 11.0. The van der Waals surface area contributed by atoms with E-state index in [0.717, 1.165) is 32.1 Å². The predicted molar refractivity (Wildman–Crippen MR) is 109 cm³/mol. The van der Waals surface area contributed by atoms with E-state index in [9.17, 15) is 13.2 Å². The summed E-state index contributed by atoms with van der Waals surface area (Å²) < 4.78 is 33.0. The first kappa shape index (κ1) is 20.4. The lowest BCUT2D eigenvalue weighted by molar-refractivity contribution is 0.102. The van der Waals surface area contributed by atoms with Gasteiger partial charge in [-0.3, -0.25) is 4.79 Å². The van der Waals surface area contributed by atoms with E-state index in [2.05, 4.69) is 17.0 Å². The molecule has 2 aromatic carbocycles. The molecule has 1 saturated carbocycles. The van der Waals surface area contributed by atoms with Crippen molar-refractivity contribution in [3.05, 3.63) is 53.6 Å². The maximum absolute atomic E-state index is 12.6. The number of methoxy groups -OCH3 is 1. The van der Waals surface area contributed by atoms with Crippen LogP contribution in [0.4, 0.5) is 5.69 Å². The number of nitrogens with one attached hydrogen (secondary N) is 2. The molecule has 0 aliphatic heterocycles. The molecule has 0 saturated heterocycles. The van der Waals surface area contributed by atoms with E-state index in [-0.39, 0.29) is 28.2 Å². The number of aryl methyl sites for hydroxylation is 1. The third kappa shape index (κ3) is 5.11. The minimum absolute atomic E-state index is 0.0236. The summed E-state index contributed by atoms with van der Waals surface area (Å²) in [6.07, 6.45) is 4.94. The van der Waals surface area contributed by atoms with Gasteiger partial charge in [0.2, 0.25) is 10.0 Å². The van der Waals surface area contributed by atoms with Crippen molar-refractivity contribution >= 4 is 21.6 Å². The Morgan fingerprint density at radius 1 is 1.14 bits per heavy atom. The lowest BCUT2D eigenvalue weighted by Gasteiger charge is -2.12. The fourth-order valence-corrected chi connectivity index (χ4v) is 4.35. The summed E-state index contributed by atoms with van der Waals surface area (Å²) in [6, 6.07) is 12.1. The summed E-state index contributed by atoms with van der Waals surface area (Å²) in [6.45, 7) is 2.15. The second kappa shape index (κ2) is 8.75. The lowest BCUT2D eigenvalue weighted by atomic mass is 10.1. The Bertz CT molecular complexity index is 935. The molecule has 0 aromatic heterocycles. The highest BCUT2D eigenvalue weighted by Gasteiger charge is 2.30. The Labute approximate surface area is 166 Å². The molecule has 1 aliphatic rings. The molecule has 6 nitrogen and oxygen atoms in total. The van der Waals surface area contributed by atoms with Crippen molar-refractivity contribution in [2.24, 2.45) is 0 Å². The molecule has 150 valence electrons. The second-order valence-electron chi connectivity index (χ2n) is 7.02. The third-order valence-electron chi connectivity index (χ3n) is 4.65. The number of anilines is 1. The highest BCUT2D eigenvalue weighted by atomic mass is 32.2. The van der Waals surface area contributed by atoms with Crippen molar-refractivity contribution in [2.75, 3.05) is 12.4 Å². The summed E-state index contributed by atoms with van der Waals surface area (Å²) in [5.74, 6) is -0.156. The fraction of sp³-hybridized carbons (Fsp3) is 0.381. The number of sulfonamides is 1. The van der Waals surface area contributed by atoms with Crippen LogP contribution < -0.4 is 14.8 Å². The van der Waals surface area contributed by atoms with Crippen molar-refractivity contribution in [2.45, 2.75) is 50.0 Å². The second-order valence-corrected chi connectivity index (χ2v) is 8.70. The van der Waals surface area contributed by atoms with Crippen molar-refractivity contribution in [1.82, 2.24) is 4.72 Å². The molecule has 0 atom stereocenters. The number of amides is 1. The minimum Gasteiger partial charge on any atom is -0.495 e. The van der Waals surface area contributed by atoms with E-state index in [0.29, 0.717) is 5.69 Å². The number of benzene rings is 2. The summed E-state index contributed by atoms with van der Waals surface area (Å²) in [7, 11) is -2.33. The van der Waals surface area contributed by atoms with Gasteiger partial charge >= 0.3 is 0 Å². The van der Waals surface area contributed by atoms with Crippen LogP contribution in [0.2, 0.25) is 0 Å². The standard InChI is InChI=1S/C21H26N2O4S/c1-3-4-5-15-6-9-17(10-7-15)22-21(24)16-8-13-19(27-2)20(14-16)28(25,26)23-18-11-12-18/h6-10,13-14,18,23H,3-5,11-12H2,1-2H3,(H,22,24). The van der Waals surface area contributed by atoms with Gasteiger partial charge in [0.05, 0.1) is 7.11 Å². The number of rotatable bonds is 9. The van der Waals surface area contributed by atoms with E-state index in [1.54, 1.807) is 6.07 Å². The van der Waals surface area contributed by atoms with Crippen molar-refractivity contribution in [3.63, 3.8) is 0 Å². The number of unbranched alkanes of at least 4 members (excludes halogenated alkanes) is 1. The normalized spacial score (nSPS) is 13.9. The predicted octanol–water partition coefficient (Wildman–Crippen LogP) is 3.73. The molecular weight excluding hydrogens is 376 g/mol. The molecule has 28 heavy (non-hydrogen) atoms. The van der Waals surface area contributed by atoms with Crippen LogP contribution >= 0.6 is 0 Å². The molecule has 1 aliphatic carbocycles. The number of ether oxygens (including phenoxy) is 1. The van der Waals surface area contributed by atoms with Crippen LogP contribution in [0, 0.1) is 0 Å². The molecule has 0 heterocycles. The number of hydrogen-bond donors (Lipinski definition) is 2. The van der Waals surface area contributed by atoms with Gasteiger partial charge in [0.1, 0.15) is 10.6 Å². The molecule has 2 N–H and O–H groups in total. The van der Waals surface area contributed by atoms with Crippen LogP contribution in [-0.2, 0) is 16.4 Å². The lowest BCUT2D eigenvalue weighted by Crippen LogP contribution is -2.26. The third-order valence-corrected chi connectivity index (χ3v) is 6.19. The van der Waals surface area contributed by atoms with Gasteiger partial charge in [0.25, 0.3) is 5.91 Å². The number of carbonyl (C=O) groups excluding carboxylic acids is 1. The molecule has 0 spiro atoms. The zero-order chi connectivity index (χ0) is 20.1. The van der Waals surface area contributed by atoms with Gasteiger partial charge in [-0.2, -0.15) is 0 Å². The maximum atomic E-state index is 12.6. The highest BCUT2D eigenvalue weighted by molar-refractivity contribution is 7.89. The summed E-state index contributed by atoms with van der Waals surface area (Å²) in [4.78, 5) is 12.6. The summed E-state index contributed by atoms with van der Waals surface area (Å²) in [5, 5.41) is 2.82. The SMILES string of the molecule is CCCCc1ccc(NC(=O)c2ccc(OC)c(S(=O)(=O)NC3CC3)c2)cc1. The maximum Gasteiger partial charge on any atom is 0.255 e. The van der Waals surface area contributed by atoms with E-state index in [1.807, 2.05) is 24.3 Å². The molecule has 0 bridgehead atoms. The first-order chi connectivity index (χ1) is 13.4. The fourth-order valence-electron chi connectivity index (χ4n) is 2.85. The molecule has 2 aromatic rings. The molecule has 0 radical (unpaired) electrons. The summed E-state index contributed by atoms with van der Waals surface area (Å²) in [5.41, 5.74) is 2.15.